The van der Waals surface area contributed by atoms with Crippen LogP contribution in [0.5, 0.6) is 0 Å². The first-order valence-electron chi connectivity index (χ1n) is 7.02. The Hall–Kier alpha value is -0.740. The van der Waals surface area contributed by atoms with Crippen LogP contribution in [0.2, 0.25) is 0 Å². The number of rotatable bonds is 1. The number of Topliss-reactive ketones (excluding diaryl/α,β-unsaturated/α-hetero) is 2. The highest BCUT2D eigenvalue weighted by molar-refractivity contribution is 5.97. The molecule has 0 aromatic rings. The second-order valence-corrected chi connectivity index (χ2v) is 7.28. The lowest BCUT2D eigenvalue weighted by molar-refractivity contribution is -0.177. The van der Waals surface area contributed by atoms with Crippen LogP contribution in [0, 0.1) is 17.3 Å². The van der Waals surface area contributed by atoms with Crippen molar-refractivity contribution in [2.24, 2.45) is 17.3 Å². The number of carbonyl (C=O) groups is 2. The first-order valence-corrected chi connectivity index (χ1v) is 7.02. The third kappa shape index (κ3) is 2.15. The van der Waals surface area contributed by atoms with E-state index in [1.54, 1.807) is 27.7 Å². The maximum atomic E-state index is 12.7. The van der Waals surface area contributed by atoms with E-state index in [1.165, 1.54) is 0 Å². The molecule has 0 bridgehead atoms. The Balaban J connectivity index is 2.43. The summed E-state index contributed by atoms with van der Waals surface area (Å²) in [6.07, 6.45) is 1.74. The van der Waals surface area contributed by atoms with Gasteiger partial charge in [-0.1, -0.05) is 6.92 Å². The molecule has 108 valence electrons. The fourth-order valence-corrected chi connectivity index (χ4v) is 4.04. The fourth-order valence-electron chi connectivity index (χ4n) is 4.04. The van der Waals surface area contributed by atoms with Crippen molar-refractivity contribution in [3.8, 4) is 0 Å². The summed E-state index contributed by atoms with van der Waals surface area (Å²) >= 11 is 0. The van der Waals surface area contributed by atoms with E-state index in [2.05, 4.69) is 0 Å². The number of hydrogen-bond donors (Lipinski definition) is 2. The molecule has 0 radical (unpaired) electrons. The van der Waals surface area contributed by atoms with Crippen LogP contribution in [0.15, 0.2) is 0 Å². The molecule has 0 aromatic carbocycles. The lowest BCUT2D eigenvalue weighted by Gasteiger charge is -2.53. The molecule has 0 saturated heterocycles. The van der Waals surface area contributed by atoms with Gasteiger partial charge in [0.15, 0.2) is 0 Å². The molecule has 2 saturated carbocycles. The van der Waals surface area contributed by atoms with E-state index in [4.69, 9.17) is 0 Å². The number of fused-ring (bicyclic) bond motifs is 1. The largest absolute Gasteiger partial charge is 0.390 e. The Morgan fingerprint density at radius 3 is 2.32 bits per heavy atom. The molecule has 2 N–H and O–H groups in total. The molecule has 1 unspecified atom stereocenters. The fraction of sp³-hybridized carbons (Fsp3) is 0.867. The predicted octanol–water partition coefficient (Wildman–Crippen LogP) is 1.47. The maximum Gasteiger partial charge on any atom is 0.145 e. The number of hydrogen-bond acceptors (Lipinski definition) is 4. The van der Waals surface area contributed by atoms with Crippen LogP contribution in [0.1, 0.15) is 53.4 Å². The molecule has 4 nitrogen and oxygen atoms in total. The molecular weight excluding hydrogens is 244 g/mol. The molecule has 19 heavy (non-hydrogen) atoms. The van der Waals surface area contributed by atoms with Crippen molar-refractivity contribution in [2.45, 2.75) is 64.6 Å². The molecule has 2 aliphatic rings. The average Bonchev–Trinajstić information content (AvgIpc) is 2.22. The first-order chi connectivity index (χ1) is 8.50. The third-order valence-electron chi connectivity index (χ3n) is 5.19. The molecule has 0 aliphatic heterocycles. The van der Waals surface area contributed by atoms with Gasteiger partial charge in [-0.25, -0.2) is 0 Å². The monoisotopic (exact) mass is 268 g/mol. The van der Waals surface area contributed by atoms with E-state index in [9.17, 15) is 19.8 Å². The molecular formula is C15H24O4. The second kappa shape index (κ2) is 4.13. The van der Waals surface area contributed by atoms with Crippen molar-refractivity contribution in [1.82, 2.24) is 0 Å². The Labute approximate surface area is 114 Å². The van der Waals surface area contributed by atoms with Gasteiger partial charge in [-0.3, -0.25) is 9.59 Å². The van der Waals surface area contributed by atoms with E-state index in [0.29, 0.717) is 25.7 Å². The minimum absolute atomic E-state index is 0.0755. The van der Waals surface area contributed by atoms with Gasteiger partial charge >= 0.3 is 0 Å². The van der Waals surface area contributed by atoms with Gasteiger partial charge in [0, 0.05) is 17.8 Å². The summed E-state index contributed by atoms with van der Waals surface area (Å²) < 4.78 is 0. The Morgan fingerprint density at radius 1 is 1.21 bits per heavy atom. The number of aliphatic hydroxyl groups is 2. The molecule has 0 amide bonds. The van der Waals surface area contributed by atoms with Crippen molar-refractivity contribution < 1.29 is 19.8 Å². The van der Waals surface area contributed by atoms with E-state index in [0.717, 1.165) is 0 Å². The minimum atomic E-state index is -1.15. The van der Waals surface area contributed by atoms with Crippen molar-refractivity contribution in [3.05, 3.63) is 0 Å². The number of carbonyl (C=O) groups excluding carboxylic acids is 2. The quantitative estimate of drug-likeness (QED) is 0.755. The lowest BCUT2D eigenvalue weighted by atomic mass is 9.51. The SMILES string of the molecule is CC(C)(O)[C@@H]1CC[C@@]2(C)C(=O)CC[C@](C)(O)C2C1=O. The summed E-state index contributed by atoms with van der Waals surface area (Å²) in [5.41, 5.74) is -3.01. The highest BCUT2D eigenvalue weighted by atomic mass is 16.3. The average molecular weight is 268 g/mol. The van der Waals surface area contributed by atoms with Gasteiger partial charge in [-0.05, 0) is 40.0 Å². The zero-order chi connectivity index (χ0) is 14.6. The highest BCUT2D eigenvalue weighted by Gasteiger charge is 2.60. The van der Waals surface area contributed by atoms with Gasteiger partial charge in [-0.2, -0.15) is 0 Å². The van der Waals surface area contributed by atoms with Gasteiger partial charge < -0.3 is 10.2 Å². The molecule has 2 fully saturated rings. The molecule has 2 aliphatic carbocycles. The van der Waals surface area contributed by atoms with Crippen LogP contribution in [-0.4, -0.2) is 33.0 Å². The van der Waals surface area contributed by atoms with Gasteiger partial charge in [0.05, 0.1) is 17.1 Å². The predicted molar refractivity (Wildman–Crippen MR) is 70.5 cm³/mol. The van der Waals surface area contributed by atoms with Crippen LogP contribution in [0.25, 0.3) is 0 Å². The van der Waals surface area contributed by atoms with Gasteiger partial charge in [-0.15, -0.1) is 0 Å². The van der Waals surface area contributed by atoms with E-state index >= 15 is 0 Å². The molecule has 0 aromatic heterocycles. The summed E-state index contributed by atoms with van der Waals surface area (Å²) in [4.78, 5) is 24.9. The van der Waals surface area contributed by atoms with Gasteiger partial charge in [0.1, 0.15) is 11.6 Å². The van der Waals surface area contributed by atoms with Crippen LogP contribution >= 0.6 is 0 Å². The van der Waals surface area contributed by atoms with E-state index in [-0.39, 0.29) is 11.6 Å². The Morgan fingerprint density at radius 2 is 1.79 bits per heavy atom. The number of ketones is 2. The summed E-state index contributed by atoms with van der Waals surface area (Å²) in [6, 6.07) is 0. The molecule has 0 heterocycles. The zero-order valence-electron chi connectivity index (χ0n) is 12.2. The molecule has 4 heteroatoms. The summed E-state index contributed by atoms with van der Waals surface area (Å²) in [5.74, 6) is -1.26. The molecule has 2 rings (SSSR count). The summed E-state index contributed by atoms with van der Waals surface area (Å²) in [7, 11) is 0. The van der Waals surface area contributed by atoms with Crippen molar-refractivity contribution in [2.75, 3.05) is 0 Å². The van der Waals surface area contributed by atoms with E-state index in [1.807, 2.05) is 0 Å². The van der Waals surface area contributed by atoms with Crippen LogP contribution in [-0.2, 0) is 9.59 Å². The zero-order valence-corrected chi connectivity index (χ0v) is 12.2. The summed E-state index contributed by atoms with van der Waals surface area (Å²) in [5, 5.41) is 20.7. The van der Waals surface area contributed by atoms with Crippen LogP contribution in [0.3, 0.4) is 0 Å². The standard InChI is InChI=1S/C15H24O4/c1-13(2,18)9-5-7-14(3)10(16)6-8-15(4,19)12(14)11(9)17/h9,12,18-19H,5-8H2,1-4H3/t9-,12?,14+,15+/m1/s1. The lowest BCUT2D eigenvalue weighted by Crippen LogP contribution is -2.62. The van der Waals surface area contributed by atoms with Crippen LogP contribution in [0.4, 0.5) is 0 Å². The first kappa shape index (κ1) is 14.7. The second-order valence-electron chi connectivity index (χ2n) is 7.28. The Kier molecular flexibility index (Phi) is 3.18. The maximum absolute atomic E-state index is 12.7. The van der Waals surface area contributed by atoms with Crippen molar-refractivity contribution in [3.63, 3.8) is 0 Å². The molecule has 0 spiro atoms. The topological polar surface area (TPSA) is 74.6 Å². The minimum Gasteiger partial charge on any atom is -0.390 e. The smallest absolute Gasteiger partial charge is 0.145 e. The summed E-state index contributed by atoms with van der Waals surface area (Å²) in [6.45, 7) is 6.69. The highest BCUT2D eigenvalue weighted by Crippen LogP contribution is 2.53. The van der Waals surface area contributed by atoms with Crippen molar-refractivity contribution >= 4 is 11.6 Å². The normalized spacial score (nSPS) is 44.1. The third-order valence-corrected chi connectivity index (χ3v) is 5.19. The van der Waals surface area contributed by atoms with Crippen LogP contribution < -0.4 is 0 Å². The van der Waals surface area contributed by atoms with Gasteiger partial charge in [0.25, 0.3) is 0 Å². The molecule has 4 atom stereocenters. The Bertz CT molecular complexity index is 418. The van der Waals surface area contributed by atoms with E-state index < -0.39 is 28.5 Å². The van der Waals surface area contributed by atoms with Crippen molar-refractivity contribution in [1.29, 1.82) is 0 Å². The van der Waals surface area contributed by atoms with Gasteiger partial charge in [0.2, 0.25) is 0 Å².